The fourth-order valence-corrected chi connectivity index (χ4v) is 2.11. The highest BCUT2D eigenvalue weighted by molar-refractivity contribution is 5.92. The van der Waals surface area contributed by atoms with Crippen molar-refractivity contribution in [1.82, 2.24) is 10.3 Å². The van der Waals surface area contributed by atoms with Crippen LogP contribution in [0.4, 0.5) is 5.82 Å². The smallest absolute Gasteiger partial charge is 0.133 e. The summed E-state index contributed by atoms with van der Waals surface area (Å²) in [6.07, 6.45) is 1.83. The van der Waals surface area contributed by atoms with E-state index in [1.165, 1.54) is 5.39 Å². The molecule has 4 heteroatoms. The van der Waals surface area contributed by atoms with E-state index in [4.69, 9.17) is 4.74 Å². The van der Waals surface area contributed by atoms with Crippen LogP contribution in [-0.2, 0) is 0 Å². The SMILES string of the molecule is CNCC(C)CNc1nccc2ccc(OC)cc12. The summed E-state index contributed by atoms with van der Waals surface area (Å²) in [5.74, 6) is 2.32. The number of benzene rings is 1. The number of anilines is 1. The molecule has 0 radical (unpaired) electrons. The molecule has 2 aromatic rings. The Balaban J connectivity index is 2.22. The molecule has 4 nitrogen and oxygen atoms in total. The van der Waals surface area contributed by atoms with Gasteiger partial charge in [0.1, 0.15) is 11.6 Å². The number of hydrogen-bond donors (Lipinski definition) is 2. The van der Waals surface area contributed by atoms with E-state index in [1.54, 1.807) is 7.11 Å². The van der Waals surface area contributed by atoms with Crippen molar-refractivity contribution in [2.24, 2.45) is 5.92 Å². The molecule has 0 aliphatic carbocycles. The lowest BCUT2D eigenvalue weighted by Gasteiger charge is -2.14. The second-order valence-corrected chi connectivity index (χ2v) is 4.79. The molecule has 0 amide bonds. The predicted octanol–water partition coefficient (Wildman–Crippen LogP) is 2.51. The average molecular weight is 259 g/mol. The van der Waals surface area contributed by atoms with Crippen LogP contribution in [0.2, 0.25) is 0 Å². The maximum atomic E-state index is 5.28. The molecule has 1 aromatic carbocycles. The fourth-order valence-electron chi connectivity index (χ4n) is 2.11. The van der Waals surface area contributed by atoms with Gasteiger partial charge in [-0.1, -0.05) is 13.0 Å². The number of pyridine rings is 1. The van der Waals surface area contributed by atoms with Gasteiger partial charge in [0.15, 0.2) is 0 Å². The maximum Gasteiger partial charge on any atom is 0.133 e. The Kier molecular flexibility index (Phi) is 4.58. The summed E-state index contributed by atoms with van der Waals surface area (Å²) in [7, 11) is 3.65. The Bertz CT molecular complexity index is 542. The molecule has 1 heterocycles. The molecule has 0 fully saturated rings. The number of rotatable bonds is 6. The van der Waals surface area contributed by atoms with E-state index in [0.717, 1.165) is 30.0 Å². The number of ether oxygens (including phenoxy) is 1. The van der Waals surface area contributed by atoms with Crippen molar-refractivity contribution in [2.45, 2.75) is 6.92 Å². The Morgan fingerprint density at radius 2 is 2.11 bits per heavy atom. The summed E-state index contributed by atoms with van der Waals surface area (Å²) in [4.78, 5) is 4.43. The minimum atomic E-state index is 0.549. The van der Waals surface area contributed by atoms with Crippen molar-refractivity contribution in [1.29, 1.82) is 0 Å². The first kappa shape index (κ1) is 13.6. The topological polar surface area (TPSA) is 46.2 Å². The quantitative estimate of drug-likeness (QED) is 0.836. The molecule has 0 bridgehead atoms. The summed E-state index contributed by atoms with van der Waals surface area (Å²) in [6, 6.07) is 8.05. The molecule has 0 saturated carbocycles. The van der Waals surface area contributed by atoms with Crippen molar-refractivity contribution in [2.75, 3.05) is 32.6 Å². The van der Waals surface area contributed by atoms with E-state index in [2.05, 4.69) is 28.6 Å². The molecule has 19 heavy (non-hydrogen) atoms. The molecule has 0 spiro atoms. The van der Waals surface area contributed by atoms with Gasteiger partial charge in [-0.15, -0.1) is 0 Å². The van der Waals surface area contributed by atoms with Crippen molar-refractivity contribution < 1.29 is 4.74 Å². The van der Waals surface area contributed by atoms with Crippen LogP contribution in [0.5, 0.6) is 5.75 Å². The highest BCUT2D eigenvalue weighted by atomic mass is 16.5. The molecule has 1 atom stereocenters. The zero-order valence-electron chi connectivity index (χ0n) is 11.7. The summed E-state index contributed by atoms with van der Waals surface area (Å²) in [5, 5.41) is 8.86. The van der Waals surface area contributed by atoms with Crippen molar-refractivity contribution in [3.63, 3.8) is 0 Å². The van der Waals surface area contributed by atoms with E-state index in [1.807, 2.05) is 31.4 Å². The standard InChI is InChI=1S/C15H21N3O/c1-11(9-16-2)10-18-15-14-8-13(19-3)5-4-12(14)6-7-17-15/h4-8,11,16H,9-10H2,1-3H3,(H,17,18). The van der Waals surface area contributed by atoms with Crippen molar-refractivity contribution in [3.8, 4) is 5.75 Å². The van der Waals surface area contributed by atoms with E-state index in [0.29, 0.717) is 5.92 Å². The first-order chi connectivity index (χ1) is 9.24. The number of aromatic nitrogens is 1. The third-order valence-electron chi connectivity index (χ3n) is 3.14. The Labute approximate surface area is 114 Å². The summed E-state index contributed by atoms with van der Waals surface area (Å²) < 4.78 is 5.28. The fraction of sp³-hybridized carbons (Fsp3) is 0.400. The van der Waals surface area contributed by atoms with Crippen LogP contribution in [0, 0.1) is 5.92 Å². The highest BCUT2D eigenvalue weighted by Gasteiger charge is 2.06. The molecule has 1 aromatic heterocycles. The Morgan fingerprint density at radius 1 is 1.26 bits per heavy atom. The van der Waals surface area contributed by atoms with Gasteiger partial charge in [-0.3, -0.25) is 0 Å². The number of methoxy groups -OCH3 is 1. The lowest BCUT2D eigenvalue weighted by atomic mass is 10.1. The van der Waals surface area contributed by atoms with Crippen molar-refractivity contribution >= 4 is 16.6 Å². The van der Waals surface area contributed by atoms with Crippen LogP contribution in [0.15, 0.2) is 30.5 Å². The van der Waals surface area contributed by atoms with Gasteiger partial charge in [-0.25, -0.2) is 4.98 Å². The van der Waals surface area contributed by atoms with Gasteiger partial charge in [0.25, 0.3) is 0 Å². The monoisotopic (exact) mass is 259 g/mol. The van der Waals surface area contributed by atoms with Gasteiger partial charge in [0.2, 0.25) is 0 Å². The van der Waals surface area contributed by atoms with Crippen LogP contribution < -0.4 is 15.4 Å². The molecule has 0 aliphatic heterocycles. The number of nitrogens with one attached hydrogen (secondary N) is 2. The van der Waals surface area contributed by atoms with E-state index in [-0.39, 0.29) is 0 Å². The molecule has 1 unspecified atom stereocenters. The van der Waals surface area contributed by atoms with E-state index < -0.39 is 0 Å². The lowest BCUT2D eigenvalue weighted by Crippen LogP contribution is -2.23. The van der Waals surface area contributed by atoms with Gasteiger partial charge in [0.05, 0.1) is 7.11 Å². The van der Waals surface area contributed by atoms with Gasteiger partial charge in [0, 0.05) is 18.1 Å². The summed E-state index contributed by atoms with van der Waals surface area (Å²) in [5.41, 5.74) is 0. The number of fused-ring (bicyclic) bond motifs is 1. The lowest BCUT2D eigenvalue weighted by molar-refractivity contribution is 0.415. The molecule has 2 rings (SSSR count). The molecule has 2 N–H and O–H groups in total. The van der Waals surface area contributed by atoms with Crippen molar-refractivity contribution in [3.05, 3.63) is 30.5 Å². The molecule has 0 saturated heterocycles. The average Bonchev–Trinajstić information content (AvgIpc) is 2.44. The van der Waals surface area contributed by atoms with Gasteiger partial charge >= 0.3 is 0 Å². The van der Waals surface area contributed by atoms with Crippen LogP contribution in [-0.4, -0.2) is 32.2 Å². The van der Waals surface area contributed by atoms with Gasteiger partial charge in [-0.2, -0.15) is 0 Å². The van der Waals surface area contributed by atoms with Crippen LogP contribution in [0.25, 0.3) is 10.8 Å². The summed E-state index contributed by atoms with van der Waals surface area (Å²) >= 11 is 0. The largest absolute Gasteiger partial charge is 0.497 e. The minimum absolute atomic E-state index is 0.549. The molecular weight excluding hydrogens is 238 g/mol. The zero-order valence-corrected chi connectivity index (χ0v) is 11.7. The second kappa shape index (κ2) is 6.38. The van der Waals surface area contributed by atoms with Crippen LogP contribution >= 0.6 is 0 Å². The Morgan fingerprint density at radius 3 is 2.84 bits per heavy atom. The first-order valence-electron chi connectivity index (χ1n) is 6.56. The molecular formula is C15H21N3O. The van der Waals surface area contributed by atoms with Crippen LogP contribution in [0.1, 0.15) is 6.92 Å². The summed E-state index contributed by atoms with van der Waals surface area (Å²) in [6.45, 7) is 4.08. The molecule has 102 valence electrons. The van der Waals surface area contributed by atoms with Gasteiger partial charge in [-0.05, 0) is 43.1 Å². The zero-order chi connectivity index (χ0) is 13.7. The predicted molar refractivity (Wildman–Crippen MR) is 79.9 cm³/mol. The third-order valence-corrected chi connectivity index (χ3v) is 3.14. The normalized spacial score (nSPS) is 12.4. The number of nitrogens with zero attached hydrogens (tertiary/aromatic N) is 1. The van der Waals surface area contributed by atoms with E-state index >= 15 is 0 Å². The molecule has 0 aliphatic rings. The third kappa shape index (κ3) is 3.35. The maximum absolute atomic E-state index is 5.28. The minimum Gasteiger partial charge on any atom is -0.497 e. The first-order valence-corrected chi connectivity index (χ1v) is 6.56. The Hall–Kier alpha value is -1.81. The van der Waals surface area contributed by atoms with Gasteiger partial charge < -0.3 is 15.4 Å². The van der Waals surface area contributed by atoms with E-state index in [9.17, 15) is 0 Å². The second-order valence-electron chi connectivity index (χ2n) is 4.79. The van der Waals surface area contributed by atoms with Crippen LogP contribution in [0.3, 0.4) is 0 Å². The number of hydrogen-bond acceptors (Lipinski definition) is 4. The highest BCUT2D eigenvalue weighted by Crippen LogP contribution is 2.25.